The van der Waals surface area contributed by atoms with Crippen LogP contribution in [0.5, 0.6) is 0 Å². The lowest BCUT2D eigenvalue weighted by molar-refractivity contribution is 0.0518. The minimum atomic E-state index is -0.609. The SMILES string of the molecule is C#CCn1c(-c2ccccc2)nc(C(=O)OCC)c(C)c1=O. The van der Waals surface area contributed by atoms with Crippen molar-refractivity contribution in [2.75, 3.05) is 6.61 Å². The number of terminal acetylenes is 1. The molecule has 0 saturated heterocycles. The van der Waals surface area contributed by atoms with Crippen LogP contribution in [-0.4, -0.2) is 22.1 Å². The predicted octanol–water partition coefficient (Wildman–Crippen LogP) is 2.03. The van der Waals surface area contributed by atoms with Gasteiger partial charge in [0.05, 0.1) is 13.2 Å². The first kappa shape index (κ1) is 15.5. The summed E-state index contributed by atoms with van der Waals surface area (Å²) in [5.41, 5.74) is 0.627. The molecule has 0 bridgehead atoms. The maximum atomic E-state index is 12.5. The second-order valence-electron chi connectivity index (χ2n) is 4.59. The quantitative estimate of drug-likeness (QED) is 0.640. The van der Waals surface area contributed by atoms with Crippen molar-refractivity contribution in [2.24, 2.45) is 0 Å². The normalized spacial score (nSPS) is 10.0. The number of esters is 1. The Kier molecular flexibility index (Phi) is 4.74. The van der Waals surface area contributed by atoms with Crippen molar-refractivity contribution in [3.05, 3.63) is 51.9 Å². The molecule has 1 aromatic heterocycles. The summed E-state index contributed by atoms with van der Waals surface area (Å²) in [4.78, 5) is 28.8. The first-order valence-corrected chi connectivity index (χ1v) is 6.87. The molecule has 22 heavy (non-hydrogen) atoms. The van der Waals surface area contributed by atoms with E-state index in [1.54, 1.807) is 26.0 Å². The maximum Gasteiger partial charge on any atom is 0.357 e. The second-order valence-corrected chi connectivity index (χ2v) is 4.59. The highest BCUT2D eigenvalue weighted by Gasteiger charge is 2.20. The van der Waals surface area contributed by atoms with Crippen molar-refractivity contribution in [3.8, 4) is 23.7 Å². The molecule has 0 radical (unpaired) electrons. The summed E-state index contributed by atoms with van der Waals surface area (Å²) in [6.07, 6.45) is 5.34. The molecule has 5 heteroatoms. The van der Waals surface area contributed by atoms with E-state index in [1.807, 2.05) is 18.2 Å². The number of nitrogens with zero attached hydrogens (tertiary/aromatic N) is 2. The molecule has 0 aliphatic carbocycles. The van der Waals surface area contributed by atoms with Crippen LogP contribution in [-0.2, 0) is 11.3 Å². The van der Waals surface area contributed by atoms with E-state index in [-0.39, 0.29) is 30.0 Å². The van der Waals surface area contributed by atoms with Crippen molar-refractivity contribution in [3.63, 3.8) is 0 Å². The molecule has 0 amide bonds. The molecule has 2 aromatic rings. The highest BCUT2D eigenvalue weighted by atomic mass is 16.5. The molecule has 0 aliphatic rings. The lowest BCUT2D eigenvalue weighted by Gasteiger charge is -2.13. The van der Waals surface area contributed by atoms with Crippen LogP contribution in [0.4, 0.5) is 0 Å². The number of benzene rings is 1. The summed E-state index contributed by atoms with van der Waals surface area (Å²) in [6.45, 7) is 3.54. The molecule has 0 fully saturated rings. The highest BCUT2D eigenvalue weighted by molar-refractivity contribution is 5.89. The van der Waals surface area contributed by atoms with Gasteiger partial charge in [-0.25, -0.2) is 9.78 Å². The van der Waals surface area contributed by atoms with E-state index in [4.69, 9.17) is 11.2 Å². The fourth-order valence-corrected chi connectivity index (χ4v) is 2.09. The van der Waals surface area contributed by atoms with Crippen molar-refractivity contribution in [1.82, 2.24) is 9.55 Å². The number of hydrogen-bond acceptors (Lipinski definition) is 4. The van der Waals surface area contributed by atoms with Gasteiger partial charge in [0, 0.05) is 11.1 Å². The average molecular weight is 296 g/mol. The Morgan fingerprint density at radius 2 is 2.05 bits per heavy atom. The number of carbonyl (C=O) groups excluding carboxylic acids is 1. The molecule has 0 N–H and O–H groups in total. The second kappa shape index (κ2) is 6.72. The maximum absolute atomic E-state index is 12.5. The third-order valence-electron chi connectivity index (χ3n) is 3.14. The first-order chi connectivity index (χ1) is 10.6. The van der Waals surface area contributed by atoms with E-state index in [9.17, 15) is 9.59 Å². The Bertz CT molecular complexity index is 786. The molecule has 112 valence electrons. The molecule has 1 heterocycles. The predicted molar refractivity (Wildman–Crippen MR) is 83.5 cm³/mol. The van der Waals surface area contributed by atoms with E-state index in [0.717, 1.165) is 0 Å². The van der Waals surface area contributed by atoms with Gasteiger partial charge in [0.1, 0.15) is 5.82 Å². The summed E-state index contributed by atoms with van der Waals surface area (Å²) >= 11 is 0. The van der Waals surface area contributed by atoms with Crippen molar-refractivity contribution >= 4 is 5.97 Å². The van der Waals surface area contributed by atoms with Gasteiger partial charge in [0.15, 0.2) is 5.69 Å². The topological polar surface area (TPSA) is 61.2 Å². The molecule has 2 rings (SSSR count). The van der Waals surface area contributed by atoms with Crippen molar-refractivity contribution < 1.29 is 9.53 Å². The molecular formula is C17H16N2O3. The Hall–Kier alpha value is -2.87. The van der Waals surface area contributed by atoms with Crippen LogP contribution in [0.25, 0.3) is 11.4 Å². The largest absolute Gasteiger partial charge is 0.461 e. The van der Waals surface area contributed by atoms with Gasteiger partial charge in [0.2, 0.25) is 0 Å². The van der Waals surface area contributed by atoms with E-state index in [2.05, 4.69) is 10.9 Å². The van der Waals surface area contributed by atoms with Crippen LogP contribution >= 0.6 is 0 Å². The number of ether oxygens (including phenoxy) is 1. The van der Waals surface area contributed by atoms with Crippen LogP contribution < -0.4 is 5.56 Å². The van der Waals surface area contributed by atoms with Gasteiger partial charge < -0.3 is 4.74 Å². The van der Waals surface area contributed by atoms with Gasteiger partial charge in [-0.15, -0.1) is 6.42 Å². The lowest BCUT2D eigenvalue weighted by atomic mass is 10.1. The Morgan fingerprint density at radius 1 is 1.36 bits per heavy atom. The Morgan fingerprint density at radius 3 is 2.64 bits per heavy atom. The highest BCUT2D eigenvalue weighted by Crippen LogP contribution is 2.17. The third-order valence-corrected chi connectivity index (χ3v) is 3.14. The standard InChI is InChI=1S/C17H16N2O3/c1-4-11-19-15(13-9-7-6-8-10-13)18-14(12(3)16(19)20)17(21)22-5-2/h1,6-10H,5,11H2,2-3H3. The number of aromatic nitrogens is 2. The summed E-state index contributed by atoms with van der Waals surface area (Å²) in [6, 6.07) is 9.11. The monoisotopic (exact) mass is 296 g/mol. The summed E-state index contributed by atoms with van der Waals surface area (Å²) in [7, 11) is 0. The fraction of sp³-hybridized carbons (Fsp3) is 0.235. The fourth-order valence-electron chi connectivity index (χ4n) is 2.09. The molecule has 5 nitrogen and oxygen atoms in total. The van der Waals surface area contributed by atoms with Gasteiger partial charge in [-0.2, -0.15) is 0 Å². The van der Waals surface area contributed by atoms with E-state index in [1.165, 1.54) is 4.57 Å². The summed E-state index contributed by atoms with van der Waals surface area (Å²) in [5.74, 6) is 2.19. The Balaban J connectivity index is 2.72. The molecule has 0 aliphatic heterocycles. The molecule has 0 unspecified atom stereocenters. The molecule has 1 aromatic carbocycles. The van der Waals surface area contributed by atoms with E-state index >= 15 is 0 Å². The van der Waals surface area contributed by atoms with Gasteiger partial charge in [0.25, 0.3) is 5.56 Å². The van der Waals surface area contributed by atoms with Crippen molar-refractivity contribution in [1.29, 1.82) is 0 Å². The van der Waals surface area contributed by atoms with Crippen LogP contribution in [0.3, 0.4) is 0 Å². The summed E-state index contributed by atoms with van der Waals surface area (Å²) in [5, 5.41) is 0. The third kappa shape index (κ3) is 2.91. The van der Waals surface area contributed by atoms with Crippen LogP contribution in [0, 0.1) is 19.3 Å². The van der Waals surface area contributed by atoms with E-state index in [0.29, 0.717) is 11.4 Å². The minimum absolute atomic E-state index is 0.0268. The molecule has 0 spiro atoms. The molecule has 0 saturated carbocycles. The number of carbonyl (C=O) groups is 1. The lowest BCUT2D eigenvalue weighted by Crippen LogP contribution is -2.29. The van der Waals surface area contributed by atoms with Gasteiger partial charge in [-0.05, 0) is 13.8 Å². The average Bonchev–Trinajstić information content (AvgIpc) is 2.53. The zero-order valence-electron chi connectivity index (χ0n) is 12.5. The van der Waals surface area contributed by atoms with Gasteiger partial charge in [-0.3, -0.25) is 9.36 Å². The van der Waals surface area contributed by atoms with Gasteiger partial charge >= 0.3 is 5.97 Å². The zero-order valence-corrected chi connectivity index (χ0v) is 12.5. The number of rotatable bonds is 4. The smallest absolute Gasteiger partial charge is 0.357 e. The van der Waals surface area contributed by atoms with Gasteiger partial charge in [-0.1, -0.05) is 36.3 Å². The van der Waals surface area contributed by atoms with Crippen molar-refractivity contribution in [2.45, 2.75) is 20.4 Å². The van der Waals surface area contributed by atoms with Crippen LogP contribution in [0.15, 0.2) is 35.1 Å². The van der Waals surface area contributed by atoms with E-state index < -0.39 is 5.97 Å². The minimum Gasteiger partial charge on any atom is -0.461 e. The molecule has 0 atom stereocenters. The van der Waals surface area contributed by atoms with Crippen LogP contribution in [0.1, 0.15) is 23.0 Å². The summed E-state index contributed by atoms with van der Waals surface area (Å²) < 4.78 is 6.35. The Labute approximate surface area is 128 Å². The first-order valence-electron chi connectivity index (χ1n) is 6.87. The zero-order chi connectivity index (χ0) is 16.1. The van der Waals surface area contributed by atoms with Crippen LogP contribution in [0.2, 0.25) is 0 Å². The number of hydrogen-bond donors (Lipinski definition) is 0. The molecular weight excluding hydrogens is 280 g/mol.